The molecule has 0 spiro atoms. The van der Waals surface area contributed by atoms with Gasteiger partial charge >= 0.3 is 69.5 Å². The van der Waals surface area contributed by atoms with Crippen molar-refractivity contribution in [1.82, 2.24) is 0 Å². The smallest absolute Gasteiger partial charge is 0 e. The Hall–Kier alpha value is 3.67. The van der Waals surface area contributed by atoms with Crippen LogP contribution in [0.25, 0.3) is 0 Å². The Labute approximate surface area is 109 Å². The van der Waals surface area contributed by atoms with Gasteiger partial charge in [0.1, 0.15) is 0 Å². The van der Waals surface area contributed by atoms with Gasteiger partial charge < -0.3 is 0 Å². The topological polar surface area (TPSA) is 0 Å². The van der Waals surface area contributed by atoms with Crippen molar-refractivity contribution in [2.45, 2.75) is 0 Å². The molecule has 0 saturated heterocycles. The molecule has 0 aromatic carbocycles. The number of hydrogen-bond acceptors (Lipinski definition) is 0. The maximum atomic E-state index is 0. The van der Waals surface area contributed by atoms with E-state index in [1.807, 2.05) is 0 Å². The second kappa shape index (κ2) is 25.3. The van der Waals surface area contributed by atoms with Crippen molar-refractivity contribution in [3.05, 3.63) is 0 Å². The van der Waals surface area contributed by atoms with Crippen LogP contribution >= 0.6 is 0 Å². The SMILES string of the molecule is [Au].[GaH3].[InH3].[SnH2].[Zn]. The van der Waals surface area contributed by atoms with Crippen molar-refractivity contribution in [2.24, 2.45) is 0 Å². The molecule has 0 aliphatic rings. The molecule has 0 bridgehead atoms. The second-order valence-corrected chi connectivity index (χ2v) is 0. The summed E-state index contributed by atoms with van der Waals surface area (Å²) < 4.78 is 0. The zero-order valence-corrected chi connectivity index (χ0v) is 10.9. The minimum absolute atomic E-state index is 0. The monoisotopic (exact) mass is 573 g/mol. The van der Waals surface area contributed by atoms with Crippen molar-refractivity contribution in [2.75, 3.05) is 0 Å². The number of rotatable bonds is 0. The maximum absolute atomic E-state index is 0. The van der Waals surface area contributed by atoms with Gasteiger partial charge in [-0.2, -0.15) is 0 Å². The zero-order chi connectivity index (χ0) is 0. The van der Waals surface area contributed by atoms with Gasteiger partial charge in [-0.3, -0.25) is 0 Å². The first kappa shape index (κ1) is 37.9. The van der Waals surface area contributed by atoms with Crippen molar-refractivity contribution < 1.29 is 41.9 Å². The summed E-state index contributed by atoms with van der Waals surface area (Å²) in [4.78, 5) is 0. The van der Waals surface area contributed by atoms with Gasteiger partial charge in [0.05, 0.1) is 0 Å². The van der Waals surface area contributed by atoms with Crippen LogP contribution in [0.2, 0.25) is 0 Å². The van der Waals surface area contributed by atoms with E-state index in [4.69, 9.17) is 0 Å². The Balaban J connectivity index is 0. The van der Waals surface area contributed by atoms with E-state index in [9.17, 15) is 0 Å². The van der Waals surface area contributed by atoms with Crippen molar-refractivity contribution >= 4 is 69.5 Å². The van der Waals surface area contributed by atoms with Crippen LogP contribution in [0.15, 0.2) is 0 Å². The predicted octanol–water partition coefficient (Wildman–Crippen LogP) is -3.29. The summed E-state index contributed by atoms with van der Waals surface area (Å²) in [5.41, 5.74) is 0. The summed E-state index contributed by atoms with van der Waals surface area (Å²) in [5.74, 6) is 0. The van der Waals surface area contributed by atoms with Gasteiger partial charge in [-0.1, -0.05) is 0 Å². The Morgan fingerprint density at radius 3 is 1.00 bits per heavy atom. The van der Waals surface area contributed by atoms with E-state index in [0.29, 0.717) is 0 Å². The molecule has 0 aliphatic carbocycles. The third kappa shape index (κ3) is 18.3. The molecule has 0 aliphatic heterocycles. The van der Waals surface area contributed by atoms with E-state index in [1.54, 1.807) is 0 Å². The van der Waals surface area contributed by atoms with Crippen LogP contribution in [0.4, 0.5) is 0 Å². The third-order valence-corrected chi connectivity index (χ3v) is 0. The van der Waals surface area contributed by atoms with Crippen LogP contribution in [-0.2, 0) is 41.9 Å². The van der Waals surface area contributed by atoms with Crippen LogP contribution in [0.1, 0.15) is 0 Å². The van der Waals surface area contributed by atoms with Crippen LogP contribution in [0.5, 0.6) is 0 Å². The first-order valence-electron chi connectivity index (χ1n) is 0. The summed E-state index contributed by atoms with van der Waals surface area (Å²) in [7, 11) is 0. The molecule has 0 atom stereocenters. The average Bonchev–Trinajstić information content (AvgIpc) is 0. The van der Waals surface area contributed by atoms with Crippen LogP contribution < -0.4 is 0 Å². The largest absolute Gasteiger partial charge is 0 e. The molecule has 0 fully saturated rings. The predicted molar refractivity (Wildman–Crippen MR) is 28.4 cm³/mol. The van der Waals surface area contributed by atoms with Gasteiger partial charge in [-0.05, 0) is 0 Å². The summed E-state index contributed by atoms with van der Waals surface area (Å²) in [6, 6.07) is 0. The molecule has 0 unspecified atom stereocenters. The van der Waals surface area contributed by atoms with E-state index in [0.717, 1.165) is 0 Å². The van der Waals surface area contributed by atoms with E-state index in [1.165, 1.54) is 0 Å². The van der Waals surface area contributed by atoms with Crippen LogP contribution in [0, 0.1) is 0 Å². The van der Waals surface area contributed by atoms with E-state index in [-0.39, 0.29) is 111 Å². The maximum Gasteiger partial charge on any atom is 0 e. The average molecular weight is 574 g/mol. The van der Waals surface area contributed by atoms with Crippen LogP contribution in [0.3, 0.4) is 0 Å². The standard InChI is InChI=1S/Au.Ga.In.Sn.Zn.8H. The molecule has 3 radical (unpaired) electrons. The summed E-state index contributed by atoms with van der Waals surface area (Å²) in [6.07, 6.45) is 0. The Morgan fingerprint density at radius 2 is 1.00 bits per heavy atom. The van der Waals surface area contributed by atoms with Gasteiger partial charge in [0.25, 0.3) is 0 Å². The third-order valence-electron chi connectivity index (χ3n) is 0. The normalized spacial score (nSPS) is 0. The second-order valence-electron chi connectivity index (χ2n) is 0. The molecule has 0 aromatic rings. The van der Waals surface area contributed by atoms with Crippen molar-refractivity contribution in [3.63, 3.8) is 0 Å². The quantitative estimate of drug-likeness (QED) is 0.267. The van der Waals surface area contributed by atoms with Crippen LogP contribution in [-0.4, -0.2) is 69.5 Å². The molecule has 0 heterocycles. The van der Waals surface area contributed by atoms with Gasteiger partial charge in [-0.25, -0.2) is 0 Å². The van der Waals surface area contributed by atoms with Crippen molar-refractivity contribution in [1.29, 1.82) is 0 Å². The minimum Gasteiger partial charge on any atom is 0 e. The molecule has 0 rings (SSSR count). The first-order valence-corrected chi connectivity index (χ1v) is 0. The summed E-state index contributed by atoms with van der Waals surface area (Å²) >= 11 is 0. The van der Waals surface area contributed by atoms with E-state index < -0.39 is 0 Å². The molecule has 0 nitrogen and oxygen atoms in total. The molecule has 0 amide bonds. The minimum atomic E-state index is 0. The fourth-order valence-electron chi connectivity index (χ4n) is 0. The molecular weight excluding hydrogens is 566 g/mol. The number of hydrogen-bond donors (Lipinski definition) is 0. The Bertz CT molecular complexity index is 11.6. The van der Waals surface area contributed by atoms with Gasteiger partial charge in [-0.15, -0.1) is 0 Å². The molecule has 0 saturated carbocycles. The molecule has 5 heavy (non-hydrogen) atoms. The summed E-state index contributed by atoms with van der Waals surface area (Å²) in [5, 5.41) is 0. The molecular formula is H8AuGaInSnZn. The van der Waals surface area contributed by atoms with Gasteiger partial charge in [0.15, 0.2) is 0 Å². The molecule has 31 valence electrons. The van der Waals surface area contributed by atoms with Gasteiger partial charge in [0.2, 0.25) is 0 Å². The first-order chi connectivity index (χ1) is 0. The zero-order valence-electron chi connectivity index (χ0n) is 1.72. The van der Waals surface area contributed by atoms with Crippen molar-refractivity contribution in [3.8, 4) is 0 Å². The Morgan fingerprint density at radius 1 is 1.00 bits per heavy atom. The fraction of sp³-hybridized carbons (Fsp3) is 0. The molecule has 0 N–H and O–H groups in total. The van der Waals surface area contributed by atoms with E-state index >= 15 is 0 Å². The molecule has 0 aromatic heterocycles. The summed E-state index contributed by atoms with van der Waals surface area (Å²) in [6.45, 7) is 0. The fourth-order valence-corrected chi connectivity index (χ4v) is 0. The Kier molecular flexibility index (Phi) is 192. The molecule has 5 heteroatoms. The van der Waals surface area contributed by atoms with Gasteiger partial charge in [0, 0.05) is 41.9 Å². The van der Waals surface area contributed by atoms with E-state index in [2.05, 4.69) is 0 Å².